The molecule has 24 heavy (non-hydrogen) atoms. The highest BCUT2D eigenvalue weighted by Gasteiger charge is 2.41. The van der Waals surface area contributed by atoms with Crippen LogP contribution in [0.15, 0.2) is 30.9 Å². The van der Waals surface area contributed by atoms with Crippen molar-refractivity contribution in [2.24, 2.45) is 5.41 Å². The van der Waals surface area contributed by atoms with Crippen LogP contribution in [0.4, 0.5) is 0 Å². The van der Waals surface area contributed by atoms with Gasteiger partial charge in [-0.2, -0.15) is 5.10 Å². The molecule has 1 saturated heterocycles. The molecule has 3 rings (SSSR count). The molecule has 0 bridgehead atoms. The quantitative estimate of drug-likeness (QED) is 0.874. The van der Waals surface area contributed by atoms with Crippen LogP contribution in [0.2, 0.25) is 10.0 Å². The summed E-state index contributed by atoms with van der Waals surface area (Å²) >= 11 is 12.1. The molecule has 1 aliphatic rings. The summed E-state index contributed by atoms with van der Waals surface area (Å²) in [6.07, 6.45) is 2.83. The van der Waals surface area contributed by atoms with Crippen molar-refractivity contribution >= 4 is 23.2 Å². The molecular weight excluding hydrogens is 353 g/mol. The molecule has 0 amide bonds. The van der Waals surface area contributed by atoms with Crippen LogP contribution in [0, 0.1) is 5.41 Å². The van der Waals surface area contributed by atoms with Crippen molar-refractivity contribution in [3.63, 3.8) is 0 Å². The second-order valence-corrected chi connectivity index (χ2v) is 7.12. The average Bonchev–Trinajstić information content (AvgIpc) is 3.10. The molecule has 1 aliphatic heterocycles. The Bertz CT molecular complexity index is 675. The third-order valence-electron chi connectivity index (χ3n) is 4.31. The van der Waals surface area contributed by atoms with E-state index in [1.54, 1.807) is 23.1 Å². The van der Waals surface area contributed by atoms with Crippen molar-refractivity contribution in [2.45, 2.75) is 25.5 Å². The molecule has 6 nitrogen and oxygen atoms in total. The molecule has 2 unspecified atom stereocenters. The molecule has 2 heterocycles. The van der Waals surface area contributed by atoms with Crippen LogP contribution in [0.1, 0.15) is 18.5 Å². The second kappa shape index (κ2) is 7.37. The Morgan fingerprint density at radius 3 is 2.67 bits per heavy atom. The lowest BCUT2D eigenvalue weighted by molar-refractivity contribution is -0.196. The van der Waals surface area contributed by atoms with Crippen LogP contribution in [0.5, 0.6) is 0 Å². The molecule has 1 aromatic carbocycles. The summed E-state index contributed by atoms with van der Waals surface area (Å²) in [5.41, 5.74) is 0.413. The summed E-state index contributed by atoms with van der Waals surface area (Å²) in [6.45, 7) is 3.03. The normalized spacial score (nSPS) is 19.8. The lowest BCUT2D eigenvalue weighted by Gasteiger charge is -2.40. The monoisotopic (exact) mass is 371 g/mol. The van der Waals surface area contributed by atoms with Gasteiger partial charge in [0.15, 0.2) is 0 Å². The summed E-state index contributed by atoms with van der Waals surface area (Å²) in [6, 6.07) is 5.11. The molecule has 1 fully saturated rings. The first-order chi connectivity index (χ1) is 11.5. The summed E-state index contributed by atoms with van der Waals surface area (Å²) in [4.78, 5) is 4.00. The molecule has 8 heteroatoms. The first-order valence-electron chi connectivity index (χ1n) is 7.61. The first kappa shape index (κ1) is 17.6. The Labute approximate surface area is 150 Å². The standard InChI is InChI=1S/C16H19Cl2N3O3/c1-16(6-23-10-24-7-16)15(22)14(21-9-19-8-20-21)5-11-2-3-12(17)13(18)4-11/h2-4,8-9,14-15,22H,5-7,10H2,1H3. The maximum absolute atomic E-state index is 11.0. The average molecular weight is 372 g/mol. The summed E-state index contributed by atoms with van der Waals surface area (Å²) in [5, 5.41) is 16.2. The molecule has 0 radical (unpaired) electrons. The van der Waals surface area contributed by atoms with Gasteiger partial charge in [-0.15, -0.1) is 0 Å². The van der Waals surface area contributed by atoms with Crippen molar-refractivity contribution in [2.75, 3.05) is 20.0 Å². The molecule has 2 aromatic rings. The zero-order chi connectivity index (χ0) is 17.2. The van der Waals surface area contributed by atoms with E-state index in [0.717, 1.165) is 5.56 Å². The number of aliphatic hydroxyl groups excluding tert-OH is 1. The van der Waals surface area contributed by atoms with Crippen LogP contribution in [0.3, 0.4) is 0 Å². The highest BCUT2D eigenvalue weighted by molar-refractivity contribution is 6.42. The third-order valence-corrected chi connectivity index (χ3v) is 5.05. The van der Waals surface area contributed by atoms with Gasteiger partial charge in [0.25, 0.3) is 0 Å². The number of rotatable bonds is 5. The van der Waals surface area contributed by atoms with Crippen molar-refractivity contribution in [1.82, 2.24) is 14.8 Å². The van der Waals surface area contributed by atoms with Gasteiger partial charge in [0.05, 0.1) is 35.4 Å². The van der Waals surface area contributed by atoms with Gasteiger partial charge in [0.2, 0.25) is 0 Å². The van der Waals surface area contributed by atoms with E-state index in [-0.39, 0.29) is 12.8 Å². The Balaban J connectivity index is 1.87. The number of nitrogens with zero attached hydrogens (tertiary/aromatic N) is 3. The van der Waals surface area contributed by atoms with Gasteiger partial charge in [-0.05, 0) is 24.1 Å². The molecule has 0 aliphatic carbocycles. The van der Waals surface area contributed by atoms with Crippen LogP contribution in [-0.2, 0) is 15.9 Å². The predicted octanol–water partition coefficient (Wildman–Crippen LogP) is 2.74. The number of aromatic nitrogens is 3. The predicted molar refractivity (Wildman–Crippen MR) is 90.1 cm³/mol. The van der Waals surface area contributed by atoms with E-state index in [0.29, 0.717) is 29.7 Å². The SMILES string of the molecule is CC1(C(O)C(Cc2ccc(Cl)c(Cl)c2)n2cncn2)COCOC1. The van der Waals surface area contributed by atoms with Crippen LogP contribution in [-0.4, -0.2) is 46.0 Å². The van der Waals surface area contributed by atoms with Crippen LogP contribution in [0.25, 0.3) is 0 Å². The molecular formula is C16H19Cl2N3O3. The lowest BCUT2D eigenvalue weighted by atomic mass is 9.80. The number of aliphatic hydroxyl groups is 1. The van der Waals surface area contributed by atoms with E-state index in [4.69, 9.17) is 32.7 Å². The van der Waals surface area contributed by atoms with Gasteiger partial charge in [-0.25, -0.2) is 9.67 Å². The van der Waals surface area contributed by atoms with Gasteiger partial charge < -0.3 is 14.6 Å². The topological polar surface area (TPSA) is 69.4 Å². The van der Waals surface area contributed by atoms with E-state index in [2.05, 4.69) is 10.1 Å². The first-order valence-corrected chi connectivity index (χ1v) is 8.37. The van der Waals surface area contributed by atoms with Crippen molar-refractivity contribution < 1.29 is 14.6 Å². The van der Waals surface area contributed by atoms with E-state index in [1.165, 1.54) is 6.33 Å². The Hall–Kier alpha value is -1.18. The maximum Gasteiger partial charge on any atom is 0.146 e. The van der Waals surface area contributed by atoms with E-state index in [1.807, 2.05) is 13.0 Å². The zero-order valence-electron chi connectivity index (χ0n) is 13.2. The zero-order valence-corrected chi connectivity index (χ0v) is 14.7. The second-order valence-electron chi connectivity index (χ2n) is 6.31. The molecule has 1 aromatic heterocycles. The fourth-order valence-electron chi connectivity index (χ4n) is 2.93. The van der Waals surface area contributed by atoms with E-state index in [9.17, 15) is 5.11 Å². The van der Waals surface area contributed by atoms with Gasteiger partial charge >= 0.3 is 0 Å². The number of halogens is 2. The minimum atomic E-state index is -0.742. The Morgan fingerprint density at radius 1 is 1.29 bits per heavy atom. The van der Waals surface area contributed by atoms with Gasteiger partial charge in [-0.1, -0.05) is 36.2 Å². The Morgan fingerprint density at radius 2 is 2.04 bits per heavy atom. The smallest absolute Gasteiger partial charge is 0.146 e. The number of benzene rings is 1. The van der Waals surface area contributed by atoms with Crippen molar-refractivity contribution in [1.29, 1.82) is 0 Å². The summed E-state index contributed by atoms with van der Waals surface area (Å²) in [5.74, 6) is 0. The lowest BCUT2D eigenvalue weighted by Crippen LogP contribution is -2.48. The highest BCUT2D eigenvalue weighted by Crippen LogP contribution is 2.34. The van der Waals surface area contributed by atoms with Crippen LogP contribution >= 0.6 is 23.2 Å². The third kappa shape index (κ3) is 3.73. The maximum atomic E-state index is 11.0. The molecule has 0 saturated carbocycles. The number of ether oxygens (including phenoxy) is 2. The molecule has 0 spiro atoms. The van der Waals surface area contributed by atoms with Gasteiger partial charge in [0.1, 0.15) is 19.4 Å². The molecule has 130 valence electrons. The summed E-state index contributed by atoms with van der Waals surface area (Å²) < 4.78 is 12.4. The molecule has 1 N–H and O–H groups in total. The van der Waals surface area contributed by atoms with E-state index < -0.39 is 11.5 Å². The molecule has 2 atom stereocenters. The van der Waals surface area contributed by atoms with Crippen molar-refractivity contribution in [3.8, 4) is 0 Å². The number of hydrogen-bond acceptors (Lipinski definition) is 5. The largest absolute Gasteiger partial charge is 0.390 e. The van der Waals surface area contributed by atoms with Crippen molar-refractivity contribution in [3.05, 3.63) is 46.5 Å². The highest BCUT2D eigenvalue weighted by atomic mass is 35.5. The van der Waals surface area contributed by atoms with Gasteiger partial charge in [-0.3, -0.25) is 0 Å². The Kier molecular flexibility index (Phi) is 5.42. The number of hydrogen-bond donors (Lipinski definition) is 1. The van der Waals surface area contributed by atoms with Crippen LogP contribution < -0.4 is 0 Å². The minimum Gasteiger partial charge on any atom is -0.390 e. The van der Waals surface area contributed by atoms with E-state index >= 15 is 0 Å². The minimum absolute atomic E-state index is 0.253. The summed E-state index contributed by atoms with van der Waals surface area (Å²) in [7, 11) is 0. The van der Waals surface area contributed by atoms with Gasteiger partial charge in [0, 0.05) is 5.41 Å². The fourth-order valence-corrected chi connectivity index (χ4v) is 3.25. The fraction of sp³-hybridized carbons (Fsp3) is 0.500.